The van der Waals surface area contributed by atoms with E-state index in [9.17, 15) is 0 Å². The minimum Gasteiger partial charge on any atom is -0.494 e. The van der Waals surface area contributed by atoms with E-state index in [1.807, 2.05) is 50.2 Å². The topological polar surface area (TPSA) is 30.5 Å². The molecule has 0 bridgehead atoms. The zero-order chi connectivity index (χ0) is 17.4. The molecule has 2 aromatic rings. The molecular weight excluding hydrogens is 322 g/mol. The van der Waals surface area contributed by atoms with Gasteiger partial charge in [0.05, 0.1) is 6.61 Å². The number of ether oxygens (including phenoxy) is 2. The van der Waals surface area contributed by atoms with Gasteiger partial charge < -0.3 is 14.8 Å². The van der Waals surface area contributed by atoms with E-state index in [4.69, 9.17) is 21.1 Å². The Balaban J connectivity index is 1.74. The summed E-state index contributed by atoms with van der Waals surface area (Å²) in [4.78, 5) is 0. The maximum Gasteiger partial charge on any atom is 0.120 e. The molecule has 0 fully saturated rings. The lowest BCUT2D eigenvalue weighted by Crippen LogP contribution is -2.11. The molecule has 130 valence electrons. The number of hydrogen-bond acceptors (Lipinski definition) is 3. The van der Waals surface area contributed by atoms with E-state index in [1.165, 1.54) is 0 Å². The van der Waals surface area contributed by atoms with Gasteiger partial charge >= 0.3 is 0 Å². The predicted molar refractivity (Wildman–Crippen MR) is 102 cm³/mol. The van der Waals surface area contributed by atoms with Crippen LogP contribution in [0.3, 0.4) is 0 Å². The van der Waals surface area contributed by atoms with Gasteiger partial charge in [-0.05, 0) is 67.8 Å². The molecule has 0 aliphatic rings. The van der Waals surface area contributed by atoms with Gasteiger partial charge in [0, 0.05) is 17.3 Å². The van der Waals surface area contributed by atoms with E-state index >= 15 is 0 Å². The Morgan fingerprint density at radius 2 is 1.54 bits per heavy atom. The fourth-order valence-electron chi connectivity index (χ4n) is 2.36. The zero-order valence-electron chi connectivity index (χ0n) is 14.7. The third kappa shape index (κ3) is 5.64. The van der Waals surface area contributed by atoms with Gasteiger partial charge in [-0.25, -0.2) is 0 Å². The van der Waals surface area contributed by atoms with Crippen LogP contribution >= 0.6 is 11.6 Å². The second-order valence-electron chi connectivity index (χ2n) is 5.87. The van der Waals surface area contributed by atoms with Gasteiger partial charge in [-0.1, -0.05) is 24.9 Å². The van der Waals surface area contributed by atoms with Gasteiger partial charge in [-0.2, -0.15) is 0 Å². The van der Waals surface area contributed by atoms with Crippen LogP contribution in [0.15, 0.2) is 36.4 Å². The van der Waals surface area contributed by atoms with E-state index in [1.54, 1.807) is 0 Å². The van der Waals surface area contributed by atoms with E-state index in [0.29, 0.717) is 6.61 Å². The predicted octanol–water partition coefficient (Wildman–Crippen LogP) is 5.63. The highest BCUT2D eigenvalue weighted by Gasteiger charge is 2.03. The van der Waals surface area contributed by atoms with Crippen molar-refractivity contribution in [3.63, 3.8) is 0 Å². The number of aryl methyl sites for hydroxylation is 2. The van der Waals surface area contributed by atoms with Crippen molar-refractivity contribution in [3.05, 3.63) is 52.5 Å². The van der Waals surface area contributed by atoms with Crippen molar-refractivity contribution in [2.24, 2.45) is 0 Å². The fourth-order valence-corrected chi connectivity index (χ4v) is 2.47. The minimum atomic E-state index is 0.593. The fraction of sp³-hybridized carbons (Fsp3) is 0.400. The summed E-state index contributed by atoms with van der Waals surface area (Å²) >= 11 is 6.17. The summed E-state index contributed by atoms with van der Waals surface area (Å²) in [7, 11) is 0. The molecule has 0 unspecified atom stereocenters. The van der Waals surface area contributed by atoms with Crippen LogP contribution in [0.2, 0.25) is 5.02 Å². The highest BCUT2D eigenvalue weighted by molar-refractivity contribution is 6.32. The van der Waals surface area contributed by atoms with Crippen molar-refractivity contribution in [1.82, 2.24) is 0 Å². The molecule has 2 rings (SSSR count). The number of rotatable bonds is 9. The van der Waals surface area contributed by atoms with Crippen LogP contribution in [0.25, 0.3) is 0 Å². The van der Waals surface area contributed by atoms with Crippen molar-refractivity contribution < 1.29 is 9.47 Å². The van der Waals surface area contributed by atoms with Crippen molar-refractivity contribution >= 4 is 17.3 Å². The molecule has 0 spiro atoms. The smallest absolute Gasteiger partial charge is 0.120 e. The molecule has 0 amide bonds. The van der Waals surface area contributed by atoms with Gasteiger partial charge in [0.2, 0.25) is 0 Å². The second-order valence-corrected chi connectivity index (χ2v) is 6.25. The lowest BCUT2D eigenvalue weighted by atomic mass is 10.1. The Kier molecular flexibility index (Phi) is 7.26. The van der Waals surface area contributed by atoms with Gasteiger partial charge in [0.1, 0.15) is 18.1 Å². The highest BCUT2D eigenvalue weighted by atomic mass is 35.5. The number of benzene rings is 2. The first-order valence-corrected chi connectivity index (χ1v) is 8.84. The van der Waals surface area contributed by atoms with Crippen molar-refractivity contribution in [1.29, 1.82) is 0 Å². The summed E-state index contributed by atoms with van der Waals surface area (Å²) in [5, 5.41) is 4.15. The summed E-state index contributed by atoms with van der Waals surface area (Å²) in [6.45, 7) is 8.24. The quantitative estimate of drug-likeness (QED) is 0.596. The van der Waals surface area contributed by atoms with Crippen LogP contribution in [0, 0.1) is 13.8 Å². The minimum absolute atomic E-state index is 0.593. The summed E-state index contributed by atoms with van der Waals surface area (Å²) < 4.78 is 11.4. The summed E-state index contributed by atoms with van der Waals surface area (Å²) in [6.07, 6.45) is 2.23. The molecule has 0 radical (unpaired) electrons. The molecule has 1 N–H and O–H groups in total. The number of nitrogens with one attached hydrogen (secondary N) is 1. The molecule has 2 aromatic carbocycles. The van der Waals surface area contributed by atoms with Crippen LogP contribution in [-0.2, 0) is 0 Å². The summed E-state index contributed by atoms with van der Waals surface area (Å²) in [5.74, 6) is 1.77. The molecule has 0 saturated heterocycles. The number of unbranched alkanes of at least 4 members (excludes halogenated alkanes) is 1. The molecule has 4 heteroatoms. The third-order valence-electron chi connectivity index (χ3n) is 3.73. The Morgan fingerprint density at radius 1 is 0.917 bits per heavy atom. The average Bonchev–Trinajstić information content (AvgIpc) is 2.58. The monoisotopic (exact) mass is 347 g/mol. The molecule has 0 aromatic heterocycles. The van der Waals surface area contributed by atoms with Crippen LogP contribution in [0.4, 0.5) is 5.69 Å². The highest BCUT2D eigenvalue weighted by Crippen LogP contribution is 2.25. The molecule has 0 aliphatic heterocycles. The van der Waals surface area contributed by atoms with E-state index in [2.05, 4.69) is 12.2 Å². The first-order valence-electron chi connectivity index (χ1n) is 8.46. The number of hydrogen-bond donors (Lipinski definition) is 1. The van der Waals surface area contributed by atoms with Crippen molar-refractivity contribution in [2.45, 2.75) is 33.6 Å². The SMILES string of the molecule is CCCCOc1ccc(NCCOc2cc(C)c(Cl)c(C)c2)cc1. The number of anilines is 1. The summed E-state index contributed by atoms with van der Waals surface area (Å²) in [5.41, 5.74) is 3.14. The van der Waals surface area contributed by atoms with Crippen LogP contribution in [0.5, 0.6) is 11.5 Å². The second kappa shape index (κ2) is 9.43. The Bertz CT molecular complexity index is 618. The molecule has 24 heavy (non-hydrogen) atoms. The van der Waals surface area contributed by atoms with Gasteiger partial charge in [0.15, 0.2) is 0 Å². The van der Waals surface area contributed by atoms with Crippen molar-refractivity contribution in [2.75, 3.05) is 25.1 Å². The van der Waals surface area contributed by atoms with E-state index < -0.39 is 0 Å². The Hall–Kier alpha value is -1.87. The van der Waals surface area contributed by atoms with Crippen LogP contribution in [-0.4, -0.2) is 19.8 Å². The lowest BCUT2D eigenvalue weighted by molar-refractivity contribution is 0.309. The van der Waals surface area contributed by atoms with Crippen LogP contribution < -0.4 is 14.8 Å². The maximum atomic E-state index is 6.17. The molecule has 3 nitrogen and oxygen atoms in total. The molecule has 0 heterocycles. The van der Waals surface area contributed by atoms with Gasteiger partial charge in [-0.15, -0.1) is 0 Å². The van der Waals surface area contributed by atoms with Gasteiger partial charge in [0.25, 0.3) is 0 Å². The Labute approximate surface area is 149 Å². The third-order valence-corrected chi connectivity index (χ3v) is 4.33. The first kappa shape index (κ1) is 18.5. The molecule has 0 atom stereocenters. The molecule has 0 saturated carbocycles. The molecular formula is C20H26ClNO2. The summed E-state index contributed by atoms with van der Waals surface area (Å²) in [6, 6.07) is 12.0. The maximum absolute atomic E-state index is 6.17. The first-order chi connectivity index (χ1) is 11.6. The van der Waals surface area contributed by atoms with E-state index in [0.717, 1.165) is 59.3 Å². The standard InChI is InChI=1S/C20H26ClNO2/c1-4-5-11-23-18-8-6-17(7-9-18)22-10-12-24-19-13-15(2)20(21)16(3)14-19/h6-9,13-14,22H,4-5,10-12H2,1-3H3. The number of halogens is 1. The molecule has 0 aliphatic carbocycles. The largest absolute Gasteiger partial charge is 0.494 e. The van der Waals surface area contributed by atoms with E-state index in [-0.39, 0.29) is 0 Å². The zero-order valence-corrected chi connectivity index (χ0v) is 15.5. The van der Waals surface area contributed by atoms with Gasteiger partial charge in [-0.3, -0.25) is 0 Å². The lowest BCUT2D eigenvalue weighted by Gasteiger charge is -2.11. The average molecular weight is 348 g/mol. The van der Waals surface area contributed by atoms with Crippen LogP contribution in [0.1, 0.15) is 30.9 Å². The Morgan fingerprint density at radius 3 is 2.17 bits per heavy atom. The van der Waals surface area contributed by atoms with Crippen molar-refractivity contribution in [3.8, 4) is 11.5 Å². The normalized spacial score (nSPS) is 10.5.